The Balaban J connectivity index is 1.55. The second-order valence-corrected chi connectivity index (χ2v) is 4.98. The van der Waals surface area contributed by atoms with Crippen molar-refractivity contribution in [2.75, 3.05) is 6.54 Å². The topological polar surface area (TPSA) is 24.4 Å². The first kappa shape index (κ1) is 12.0. The van der Waals surface area contributed by atoms with Gasteiger partial charge in [-0.3, -0.25) is 4.99 Å². The minimum absolute atomic E-state index is 0.445. The van der Waals surface area contributed by atoms with E-state index in [1.165, 1.54) is 11.1 Å². The molecule has 3 rings (SSSR count). The van der Waals surface area contributed by atoms with E-state index in [0.717, 1.165) is 25.2 Å². The highest BCUT2D eigenvalue weighted by atomic mass is 15.1. The molecule has 0 saturated carbocycles. The minimum atomic E-state index is 0.445. The molecule has 0 bridgehead atoms. The van der Waals surface area contributed by atoms with Gasteiger partial charge in [0.15, 0.2) is 0 Å². The first-order valence-electron chi connectivity index (χ1n) is 6.78. The summed E-state index contributed by atoms with van der Waals surface area (Å²) in [4.78, 5) is 4.61. The van der Waals surface area contributed by atoms with Crippen LogP contribution in [0.4, 0.5) is 0 Å². The van der Waals surface area contributed by atoms with Gasteiger partial charge < -0.3 is 5.32 Å². The van der Waals surface area contributed by atoms with Gasteiger partial charge in [-0.25, -0.2) is 0 Å². The number of aliphatic imine (C=N–C) groups is 1. The molecule has 0 aromatic heterocycles. The minimum Gasteiger partial charge on any atom is -0.369 e. The molecule has 0 fully saturated rings. The van der Waals surface area contributed by atoms with E-state index < -0.39 is 0 Å². The molecule has 2 nitrogen and oxygen atoms in total. The Morgan fingerprint density at radius 2 is 1.53 bits per heavy atom. The molecule has 0 aliphatic carbocycles. The van der Waals surface area contributed by atoms with Crippen LogP contribution in [0.5, 0.6) is 0 Å². The number of amidine groups is 1. The molecular formula is C17H18N2. The van der Waals surface area contributed by atoms with Crippen molar-refractivity contribution in [3.8, 4) is 0 Å². The maximum atomic E-state index is 4.61. The predicted molar refractivity (Wildman–Crippen MR) is 79.5 cm³/mol. The van der Waals surface area contributed by atoms with Gasteiger partial charge in [0.25, 0.3) is 0 Å². The smallest absolute Gasteiger partial charge is 0.101 e. The molecule has 0 spiro atoms. The van der Waals surface area contributed by atoms with Gasteiger partial charge >= 0.3 is 0 Å². The van der Waals surface area contributed by atoms with Gasteiger partial charge in [0.2, 0.25) is 0 Å². The third-order valence-corrected chi connectivity index (χ3v) is 3.41. The van der Waals surface area contributed by atoms with E-state index in [2.05, 4.69) is 64.9 Å². The fraction of sp³-hybridized carbons (Fsp3) is 0.235. The highest BCUT2D eigenvalue weighted by molar-refractivity contribution is 5.86. The van der Waals surface area contributed by atoms with Gasteiger partial charge in [-0.15, -0.1) is 0 Å². The van der Waals surface area contributed by atoms with Crippen LogP contribution in [-0.4, -0.2) is 18.4 Å². The lowest BCUT2D eigenvalue weighted by Crippen LogP contribution is -2.32. The van der Waals surface area contributed by atoms with E-state index in [4.69, 9.17) is 0 Å². The molecule has 0 unspecified atom stereocenters. The monoisotopic (exact) mass is 250 g/mol. The van der Waals surface area contributed by atoms with Crippen LogP contribution in [0.1, 0.15) is 11.1 Å². The SMILES string of the molecule is c1ccc(CC2=NC[C@H](Cc3ccccc3)N2)cc1. The molecule has 1 heterocycles. The fourth-order valence-corrected chi connectivity index (χ4v) is 2.46. The Labute approximate surface area is 114 Å². The predicted octanol–water partition coefficient (Wildman–Crippen LogP) is 2.84. The molecule has 2 aromatic carbocycles. The van der Waals surface area contributed by atoms with Crippen LogP contribution in [0.15, 0.2) is 65.7 Å². The number of rotatable bonds is 4. The van der Waals surface area contributed by atoms with Crippen molar-refractivity contribution in [2.24, 2.45) is 4.99 Å². The molecule has 2 aromatic rings. The summed E-state index contributed by atoms with van der Waals surface area (Å²) in [7, 11) is 0. The third kappa shape index (κ3) is 3.22. The molecule has 1 aliphatic rings. The lowest BCUT2D eigenvalue weighted by atomic mass is 10.1. The van der Waals surface area contributed by atoms with Gasteiger partial charge in [0.05, 0.1) is 12.6 Å². The van der Waals surface area contributed by atoms with Gasteiger partial charge in [-0.05, 0) is 17.5 Å². The summed E-state index contributed by atoms with van der Waals surface area (Å²) in [6.07, 6.45) is 1.95. The van der Waals surface area contributed by atoms with Gasteiger partial charge in [-0.1, -0.05) is 60.7 Å². The van der Waals surface area contributed by atoms with Crippen LogP contribution in [0, 0.1) is 0 Å². The molecule has 2 heteroatoms. The summed E-state index contributed by atoms with van der Waals surface area (Å²) < 4.78 is 0. The van der Waals surface area contributed by atoms with Crippen molar-refractivity contribution in [1.29, 1.82) is 0 Å². The summed E-state index contributed by atoms with van der Waals surface area (Å²) in [5, 5.41) is 3.54. The van der Waals surface area contributed by atoms with Crippen molar-refractivity contribution in [1.82, 2.24) is 5.32 Å². The van der Waals surface area contributed by atoms with E-state index in [-0.39, 0.29) is 0 Å². The van der Waals surface area contributed by atoms with Gasteiger partial charge in [0, 0.05) is 6.42 Å². The summed E-state index contributed by atoms with van der Waals surface area (Å²) in [5.74, 6) is 1.12. The van der Waals surface area contributed by atoms with Crippen molar-refractivity contribution in [3.63, 3.8) is 0 Å². The highest BCUT2D eigenvalue weighted by Gasteiger charge is 2.17. The first-order valence-corrected chi connectivity index (χ1v) is 6.78. The van der Waals surface area contributed by atoms with Crippen LogP contribution < -0.4 is 5.32 Å². The molecule has 1 N–H and O–H groups in total. The zero-order valence-corrected chi connectivity index (χ0v) is 10.9. The van der Waals surface area contributed by atoms with E-state index in [9.17, 15) is 0 Å². The number of nitrogens with zero attached hydrogens (tertiary/aromatic N) is 1. The van der Waals surface area contributed by atoms with Crippen LogP contribution in [0.25, 0.3) is 0 Å². The fourth-order valence-electron chi connectivity index (χ4n) is 2.46. The first-order chi connectivity index (χ1) is 9.40. The largest absolute Gasteiger partial charge is 0.369 e. The summed E-state index contributed by atoms with van der Waals surface area (Å²) in [5.41, 5.74) is 2.69. The van der Waals surface area contributed by atoms with Gasteiger partial charge in [0.1, 0.15) is 5.84 Å². The molecule has 0 saturated heterocycles. The van der Waals surface area contributed by atoms with E-state index in [1.54, 1.807) is 0 Å². The summed E-state index contributed by atoms with van der Waals surface area (Å²) >= 11 is 0. The molecule has 19 heavy (non-hydrogen) atoms. The maximum absolute atomic E-state index is 4.61. The van der Waals surface area contributed by atoms with Crippen LogP contribution in [0.2, 0.25) is 0 Å². The van der Waals surface area contributed by atoms with E-state index >= 15 is 0 Å². The molecule has 0 amide bonds. The van der Waals surface area contributed by atoms with Crippen LogP contribution >= 0.6 is 0 Å². The third-order valence-electron chi connectivity index (χ3n) is 3.41. The Bertz CT molecular complexity index is 546. The number of benzene rings is 2. The zero-order chi connectivity index (χ0) is 12.9. The molecule has 1 atom stereocenters. The zero-order valence-electron chi connectivity index (χ0n) is 10.9. The lowest BCUT2D eigenvalue weighted by molar-refractivity contribution is 0.652. The van der Waals surface area contributed by atoms with Crippen LogP contribution in [0.3, 0.4) is 0 Å². The van der Waals surface area contributed by atoms with E-state index in [0.29, 0.717) is 6.04 Å². The Morgan fingerprint density at radius 3 is 2.21 bits per heavy atom. The quantitative estimate of drug-likeness (QED) is 0.886. The molecule has 1 aliphatic heterocycles. The number of hydrogen-bond acceptors (Lipinski definition) is 2. The number of nitrogens with one attached hydrogen (secondary N) is 1. The molecule has 0 radical (unpaired) electrons. The Hall–Kier alpha value is -2.09. The maximum Gasteiger partial charge on any atom is 0.101 e. The normalized spacial score (nSPS) is 17.9. The van der Waals surface area contributed by atoms with Crippen LogP contribution in [-0.2, 0) is 12.8 Å². The average Bonchev–Trinajstić information content (AvgIpc) is 2.88. The van der Waals surface area contributed by atoms with Gasteiger partial charge in [-0.2, -0.15) is 0 Å². The van der Waals surface area contributed by atoms with Crippen molar-refractivity contribution < 1.29 is 0 Å². The number of hydrogen-bond donors (Lipinski definition) is 1. The average molecular weight is 250 g/mol. The molecular weight excluding hydrogens is 232 g/mol. The van der Waals surface area contributed by atoms with Crippen molar-refractivity contribution >= 4 is 5.84 Å². The second-order valence-electron chi connectivity index (χ2n) is 4.98. The van der Waals surface area contributed by atoms with Crippen molar-refractivity contribution in [3.05, 3.63) is 71.8 Å². The molecule has 96 valence electrons. The Morgan fingerprint density at radius 1 is 0.895 bits per heavy atom. The van der Waals surface area contributed by atoms with Crippen molar-refractivity contribution in [2.45, 2.75) is 18.9 Å². The highest BCUT2D eigenvalue weighted by Crippen LogP contribution is 2.09. The second kappa shape index (κ2) is 5.70. The summed E-state index contributed by atoms with van der Waals surface area (Å²) in [6.45, 7) is 0.886. The standard InChI is InChI=1S/C17H18N2/c1-3-7-14(8-4-1)11-16-13-18-17(19-16)12-15-9-5-2-6-10-15/h1-10,16H,11-13H2,(H,18,19)/t16-/m0/s1. The summed E-state index contributed by atoms with van der Waals surface area (Å²) in [6, 6.07) is 21.5. The van der Waals surface area contributed by atoms with E-state index in [1.807, 2.05) is 6.07 Å². The Kier molecular flexibility index (Phi) is 3.59. The lowest BCUT2D eigenvalue weighted by Gasteiger charge is -2.12.